The number of carbonyl (C=O) groups is 4. The summed E-state index contributed by atoms with van der Waals surface area (Å²) in [5.74, 6) is -2.47. The van der Waals surface area contributed by atoms with Crippen LogP contribution in [0, 0.1) is 29.1 Å². The molecule has 2 aliphatic heterocycles. The third-order valence-corrected chi connectivity index (χ3v) is 9.99. The van der Waals surface area contributed by atoms with Crippen molar-refractivity contribution in [3.8, 4) is 0 Å². The van der Waals surface area contributed by atoms with E-state index < -0.39 is 28.5 Å². The van der Waals surface area contributed by atoms with E-state index in [0.29, 0.717) is 18.4 Å². The number of ketones is 3. The van der Waals surface area contributed by atoms with Gasteiger partial charge in [-0.05, 0) is 55.7 Å². The summed E-state index contributed by atoms with van der Waals surface area (Å²) >= 11 is 0. The second-order valence-electron chi connectivity index (χ2n) is 12.2. The number of H-pyrrole nitrogens is 1. The molecule has 6 rings (SSSR count). The Morgan fingerprint density at radius 1 is 1.08 bits per heavy atom. The summed E-state index contributed by atoms with van der Waals surface area (Å²) in [6, 6.07) is 7.79. The Morgan fingerprint density at radius 2 is 1.85 bits per heavy atom. The van der Waals surface area contributed by atoms with E-state index in [1.165, 1.54) is 0 Å². The molecular formula is C32H36N2O5. The van der Waals surface area contributed by atoms with E-state index >= 15 is 0 Å². The number of epoxide rings is 1. The molecule has 7 heteroatoms. The van der Waals surface area contributed by atoms with Gasteiger partial charge in [0, 0.05) is 47.8 Å². The summed E-state index contributed by atoms with van der Waals surface area (Å²) in [4.78, 5) is 57.3. The maximum Gasteiger partial charge on any atom is 0.235 e. The molecule has 0 radical (unpaired) electrons. The first kappa shape index (κ1) is 25.9. The maximum absolute atomic E-state index is 14.3. The Morgan fingerprint density at radius 3 is 2.64 bits per heavy atom. The summed E-state index contributed by atoms with van der Waals surface area (Å²) < 4.78 is 6.34. The first-order valence-electron chi connectivity index (χ1n) is 14.1. The molecule has 8 atom stereocenters. The number of carbonyl (C=O) groups excluding carboxylic acids is 4. The minimum absolute atomic E-state index is 0.0299. The number of allylic oxidation sites excluding steroid dienone is 3. The third-order valence-electron chi connectivity index (χ3n) is 9.99. The van der Waals surface area contributed by atoms with Crippen LogP contribution < -0.4 is 5.32 Å². The molecule has 1 saturated carbocycles. The zero-order valence-electron chi connectivity index (χ0n) is 23.0. The predicted octanol–water partition coefficient (Wildman–Crippen LogP) is 4.26. The largest absolute Gasteiger partial charge is 0.365 e. The molecule has 1 aromatic heterocycles. The highest BCUT2D eigenvalue weighted by molar-refractivity contribution is 6.43. The van der Waals surface area contributed by atoms with Crippen LogP contribution in [0.25, 0.3) is 10.9 Å². The van der Waals surface area contributed by atoms with Gasteiger partial charge >= 0.3 is 0 Å². The van der Waals surface area contributed by atoms with Gasteiger partial charge in [0.1, 0.15) is 11.2 Å². The lowest BCUT2D eigenvalue weighted by molar-refractivity contribution is -0.149. The van der Waals surface area contributed by atoms with Crippen molar-refractivity contribution < 1.29 is 23.9 Å². The molecule has 1 aromatic carbocycles. The van der Waals surface area contributed by atoms with Crippen LogP contribution in [0.4, 0.5) is 0 Å². The smallest absolute Gasteiger partial charge is 0.235 e. The second-order valence-corrected chi connectivity index (χ2v) is 12.2. The number of nitrogens with one attached hydrogen (secondary N) is 2. The van der Waals surface area contributed by atoms with E-state index in [0.717, 1.165) is 16.5 Å². The lowest BCUT2D eigenvalue weighted by Gasteiger charge is -2.46. The molecule has 1 spiro atoms. The van der Waals surface area contributed by atoms with Crippen molar-refractivity contribution >= 4 is 34.2 Å². The van der Waals surface area contributed by atoms with Crippen molar-refractivity contribution in [2.75, 3.05) is 0 Å². The Kier molecular flexibility index (Phi) is 6.06. The van der Waals surface area contributed by atoms with E-state index in [4.69, 9.17) is 4.74 Å². The van der Waals surface area contributed by atoms with Crippen LogP contribution in [0.3, 0.4) is 0 Å². The Labute approximate surface area is 228 Å². The topological polar surface area (TPSA) is 109 Å². The maximum atomic E-state index is 14.3. The van der Waals surface area contributed by atoms with Gasteiger partial charge in [0.25, 0.3) is 0 Å². The molecule has 2 saturated heterocycles. The van der Waals surface area contributed by atoms with Gasteiger partial charge in [0.15, 0.2) is 0 Å². The molecule has 1 amide bonds. The number of amides is 1. The van der Waals surface area contributed by atoms with E-state index in [9.17, 15) is 19.2 Å². The number of rotatable bonds is 2. The molecule has 3 heterocycles. The predicted molar refractivity (Wildman–Crippen MR) is 147 cm³/mol. The Bertz CT molecular complexity index is 1450. The fourth-order valence-corrected chi connectivity index (χ4v) is 7.84. The molecule has 0 bridgehead atoms. The van der Waals surface area contributed by atoms with Crippen LogP contribution in [-0.4, -0.2) is 46.0 Å². The fraction of sp³-hybridized carbons (Fsp3) is 0.500. The number of fused-ring (bicyclic) bond motifs is 3. The summed E-state index contributed by atoms with van der Waals surface area (Å²) in [6.07, 6.45) is 8.46. The first-order valence-corrected chi connectivity index (χ1v) is 14.1. The minimum Gasteiger partial charge on any atom is -0.365 e. The van der Waals surface area contributed by atoms with E-state index in [1.807, 2.05) is 49.5 Å². The number of aromatic amines is 1. The number of Topliss-reactive ketones (excluding diaryl/α,β-unsaturated/α-hetero) is 3. The number of para-hydroxylation sites is 1. The molecule has 7 nitrogen and oxygen atoms in total. The van der Waals surface area contributed by atoms with Gasteiger partial charge in [-0.2, -0.15) is 0 Å². The number of hydrogen-bond donors (Lipinski definition) is 2. The van der Waals surface area contributed by atoms with Crippen molar-refractivity contribution in [1.29, 1.82) is 0 Å². The number of benzene rings is 1. The SMILES string of the molecule is C/C1=C/[C@H](C)C/C=C/[C@@H]2[C@@H]3O[C@]3(C)[C@@H](C)[C@@H]3[C@H](Cc4c[nH]c5ccccc45)NC(=O)[C@]32C(=O)CCC(=O)C1=O. The normalized spacial score (nSPS) is 40.8. The second kappa shape index (κ2) is 9.12. The van der Waals surface area contributed by atoms with Gasteiger partial charge < -0.3 is 15.0 Å². The molecule has 204 valence electrons. The van der Waals surface area contributed by atoms with Crippen LogP contribution in [-0.2, 0) is 30.3 Å². The molecule has 2 aromatic rings. The number of ether oxygens (including phenoxy) is 1. The third kappa shape index (κ3) is 3.80. The quantitative estimate of drug-likeness (QED) is 0.262. The van der Waals surface area contributed by atoms with Crippen LogP contribution >= 0.6 is 0 Å². The summed E-state index contributed by atoms with van der Waals surface area (Å²) in [6.45, 7) is 7.83. The number of aromatic nitrogens is 1. The van der Waals surface area contributed by atoms with Crippen molar-refractivity contribution in [2.24, 2.45) is 29.1 Å². The molecule has 3 fully saturated rings. The van der Waals surface area contributed by atoms with Crippen molar-refractivity contribution in [3.05, 3.63) is 59.8 Å². The zero-order chi connectivity index (χ0) is 27.7. The first-order chi connectivity index (χ1) is 18.6. The highest BCUT2D eigenvalue weighted by Gasteiger charge is 2.78. The van der Waals surface area contributed by atoms with E-state index in [1.54, 1.807) is 6.92 Å². The zero-order valence-corrected chi connectivity index (χ0v) is 23.0. The standard InChI is InChI=1S/C32H36N2O5/c1-17-8-7-10-22-29-31(4,39-29)19(3)27-24(15-20-16-33-23-11-6-5-9-21(20)23)34-30(38)32(22,27)26(36)13-12-25(35)28(37)18(2)14-17/h5-7,9-11,14,16-17,19,22,24,27,29,33H,8,12-13,15H2,1-4H3,(H,34,38)/b10-7+,18-14-/t17-,19+,22-,24+,27-,29+,31-,32-/m1/s1. The fourth-order valence-electron chi connectivity index (χ4n) is 7.84. The lowest BCUT2D eigenvalue weighted by Crippen LogP contribution is -2.58. The Hall–Kier alpha value is -3.32. The highest BCUT2D eigenvalue weighted by atomic mass is 16.6. The molecule has 0 unspecified atom stereocenters. The van der Waals surface area contributed by atoms with Gasteiger partial charge in [-0.25, -0.2) is 0 Å². The van der Waals surface area contributed by atoms with Crippen molar-refractivity contribution in [1.82, 2.24) is 10.3 Å². The van der Waals surface area contributed by atoms with Crippen LogP contribution in [0.2, 0.25) is 0 Å². The van der Waals surface area contributed by atoms with Gasteiger partial charge in [-0.15, -0.1) is 0 Å². The molecule has 4 aliphatic rings. The molecular weight excluding hydrogens is 492 g/mol. The van der Waals surface area contributed by atoms with Crippen LogP contribution in [0.5, 0.6) is 0 Å². The summed E-state index contributed by atoms with van der Waals surface area (Å²) in [7, 11) is 0. The molecule has 2 N–H and O–H groups in total. The van der Waals surface area contributed by atoms with Crippen molar-refractivity contribution in [3.63, 3.8) is 0 Å². The summed E-state index contributed by atoms with van der Waals surface area (Å²) in [5.41, 5.74) is 0.739. The molecule has 2 aliphatic carbocycles. The average molecular weight is 529 g/mol. The van der Waals surface area contributed by atoms with Crippen molar-refractivity contribution in [2.45, 2.75) is 71.1 Å². The minimum atomic E-state index is -1.35. The highest BCUT2D eigenvalue weighted by Crippen LogP contribution is 2.66. The number of hydrogen-bond acceptors (Lipinski definition) is 5. The van der Waals surface area contributed by atoms with Crippen LogP contribution in [0.15, 0.2) is 54.3 Å². The molecule has 39 heavy (non-hydrogen) atoms. The van der Waals surface area contributed by atoms with E-state index in [-0.39, 0.29) is 54.4 Å². The summed E-state index contributed by atoms with van der Waals surface area (Å²) in [5, 5.41) is 4.34. The monoisotopic (exact) mass is 528 g/mol. The van der Waals surface area contributed by atoms with Gasteiger partial charge in [0.05, 0.1) is 11.7 Å². The lowest BCUT2D eigenvalue weighted by atomic mass is 9.51. The van der Waals surface area contributed by atoms with Gasteiger partial charge in [-0.3, -0.25) is 19.2 Å². The van der Waals surface area contributed by atoms with E-state index in [2.05, 4.69) is 30.2 Å². The Balaban J connectivity index is 1.44. The average Bonchev–Trinajstić information content (AvgIpc) is 3.31. The van der Waals surface area contributed by atoms with Crippen LogP contribution in [0.1, 0.15) is 52.5 Å². The van der Waals surface area contributed by atoms with Gasteiger partial charge in [0.2, 0.25) is 17.5 Å². The van der Waals surface area contributed by atoms with Gasteiger partial charge in [-0.1, -0.05) is 50.3 Å².